The second-order valence-corrected chi connectivity index (χ2v) is 7.84. The summed E-state index contributed by atoms with van der Waals surface area (Å²) in [6.07, 6.45) is 6.72. The van der Waals surface area contributed by atoms with Crippen LogP contribution in [0.5, 0.6) is 0 Å². The standard InChI is InChI=1S/C19H28N6O/c1-13(2)22-19-20-9-14(10-21-19)11-24-6-3-7-25-16(12-24)8-17(23-25)18(26)15-4-5-15/h8-10,13,15,18,26H,3-7,11-12H2,1-2H3,(H,20,21,22). The topological polar surface area (TPSA) is 79.1 Å². The van der Waals surface area contributed by atoms with Crippen molar-refractivity contribution in [3.8, 4) is 0 Å². The molecule has 0 spiro atoms. The fraction of sp³-hybridized carbons (Fsp3) is 0.632. The van der Waals surface area contributed by atoms with Crippen molar-refractivity contribution in [3.63, 3.8) is 0 Å². The van der Waals surface area contributed by atoms with Crippen LogP contribution in [0.2, 0.25) is 0 Å². The van der Waals surface area contributed by atoms with Gasteiger partial charge in [0.15, 0.2) is 0 Å². The Labute approximate surface area is 154 Å². The van der Waals surface area contributed by atoms with Crippen molar-refractivity contribution in [2.24, 2.45) is 5.92 Å². The minimum absolute atomic E-state index is 0.326. The second-order valence-electron chi connectivity index (χ2n) is 7.84. The molecule has 26 heavy (non-hydrogen) atoms. The van der Waals surface area contributed by atoms with Crippen molar-refractivity contribution in [2.75, 3.05) is 11.9 Å². The third-order valence-electron chi connectivity index (χ3n) is 5.01. The van der Waals surface area contributed by atoms with Gasteiger partial charge >= 0.3 is 0 Å². The smallest absolute Gasteiger partial charge is 0.222 e. The number of nitrogens with zero attached hydrogens (tertiary/aromatic N) is 5. The van der Waals surface area contributed by atoms with Gasteiger partial charge in [-0.05, 0) is 45.1 Å². The maximum absolute atomic E-state index is 10.4. The highest BCUT2D eigenvalue weighted by Gasteiger charge is 2.33. The van der Waals surface area contributed by atoms with Crippen molar-refractivity contribution >= 4 is 5.95 Å². The van der Waals surface area contributed by atoms with E-state index in [0.29, 0.717) is 17.9 Å². The number of anilines is 1. The normalized spacial score (nSPS) is 19.2. The molecule has 0 radical (unpaired) electrons. The molecule has 3 heterocycles. The minimum atomic E-state index is -0.391. The quantitative estimate of drug-likeness (QED) is 0.827. The number of aliphatic hydroxyl groups excluding tert-OH is 1. The van der Waals surface area contributed by atoms with Crippen LogP contribution in [-0.4, -0.2) is 42.3 Å². The molecule has 1 aliphatic carbocycles. The summed E-state index contributed by atoms with van der Waals surface area (Å²) in [4.78, 5) is 11.2. The van der Waals surface area contributed by atoms with Crippen LogP contribution in [-0.2, 0) is 19.6 Å². The maximum Gasteiger partial charge on any atom is 0.222 e. The van der Waals surface area contributed by atoms with E-state index in [-0.39, 0.29) is 0 Å². The van der Waals surface area contributed by atoms with Gasteiger partial charge in [-0.25, -0.2) is 9.97 Å². The van der Waals surface area contributed by atoms with Crippen LogP contribution in [0.3, 0.4) is 0 Å². The summed E-state index contributed by atoms with van der Waals surface area (Å²) in [5.74, 6) is 1.09. The first-order chi connectivity index (χ1) is 12.6. The monoisotopic (exact) mass is 356 g/mol. The molecule has 2 aliphatic rings. The van der Waals surface area contributed by atoms with Gasteiger partial charge in [-0.2, -0.15) is 5.10 Å². The van der Waals surface area contributed by atoms with Gasteiger partial charge in [0.05, 0.1) is 11.4 Å². The second kappa shape index (κ2) is 7.32. The van der Waals surface area contributed by atoms with E-state index in [9.17, 15) is 5.11 Å². The van der Waals surface area contributed by atoms with Crippen LogP contribution >= 0.6 is 0 Å². The molecule has 2 aromatic heterocycles. The van der Waals surface area contributed by atoms with Crippen molar-refractivity contribution in [2.45, 2.75) is 64.9 Å². The third kappa shape index (κ3) is 4.04. The number of aliphatic hydroxyl groups is 1. The van der Waals surface area contributed by atoms with E-state index in [0.717, 1.165) is 56.7 Å². The van der Waals surface area contributed by atoms with Crippen molar-refractivity contribution in [1.29, 1.82) is 0 Å². The summed E-state index contributed by atoms with van der Waals surface area (Å²) in [6.45, 7) is 7.76. The molecule has 1 unspecified atom stereocenters. The first-order valence-corrected chi connectivity index (χ1v) is 9.63. The number of aryl methyl sites for hydroxylation is 1. The highest BCUT2D eigenvalue weighted by molar-refractivity contribution is 5.25. The Balaban J connectivity index is 1.42. The summed E-state index contributed by atoms with van der Waals surface area (Å²) in [5.41, 5.74) is 3.15. The number of rotatable bonds is 6. The number of hydrogen-bond donors (Lipinski definition) is 2. The lowest BCUT2D eigenvalue weighted by Gasteiger charge is -2.19. The number of nitrogens with one attached hydrogen (secondary N) is 1. The summed E-state index contributed by atoms with van der Waals surface area (Å²) >= 11 is 0. The van der Waals surface area contributed by atoms with Crippen molar-refractivity contribution in [3.05, 3.63) is 35.4 Å². The summed E-state index contributed by atoms with van der Waals surface area (Å²) in [6, 6.07) is 2.42. The van der Waals surface area contributed by atoms with Gasteiger partial charge in [0, 0.05) is 50.2 Å². The van der Waals surface area contributed by atoms with Gasteiger partial charge in [-0.1, -0.05) is 0 Å². The molecule has 1 aliphatic heterocycles. The molecular formula is C19H28N6O. The highest BCUT2D eigenvalue weighted by Crippen LogP contribution is 2.40. The molecule has 0 amide bonds. The van der Waals surface area contributed by atoms with Gasteiger partial charge in [-0.3, -0.25) is 9.58 Å². The lowest BCUT2D eigenvalue weighted by Crippen LogP contribution is -2.23. The SMILES string of the molecule is CC(C)Nc1ncc(CN2CCCn3nc(C(O)C4CC4)cc3C2)cn1. The van der Waals surface area contributed by atoms with Crippen LogP contribution in [0.25, 0.3) is 0 Å². The van der Waals surface area contributed by atoms with E-state index in [1.807, 2.05) is 12.4 Å². The zero-order valence-corrected chi connectivity index (χ0v) is 15.6. The molecular weight excluding hydrogens is 328 g/mol. The van der Waals surface area contributed by atoms with E-state index in [1.165, 1.54) is 5.69 Å². The zero-order chi connectivity index (χ0) is 18.1. The Hall–Kier alpha value is -1.99. The third-order valence-corrected chi connectivity index (χ3v) is 5.01. The molecule has 7 heteroatoms. The Morgan fingerprint density at radius 2 is 2.00 bits per heavy atom. The Morgan fingerprint density at radius 1 is 1.23 bits per heavy atom. The van der Waals surface area contributed by atoms with Crippen LogP contribution in [0.4, 0.5) is 5.95 Å². The lowest BCUT2D eigenvalue weighted by atomic mass is 10.1. The van der Waals surface area contributed by atoms with Gasteiger partial charge in [0.25, 0.3) is 0 Å². The maximum atomic E-state index is 10.4. The Kier molecular flexibility index (Phi) is 4.91. The predicted octanol–water partition coefficient (Wildman–Crippen LogP) is 2.34. The highest BCUT2D eigenvalue weighted by atomic mass is 16.3. The van der Waals surface area contributed by atoms with Gasteiger partial charge in [0.2, 0.25) is 5.95 Å². The van der Waals surface area contributed by atoms with Crippen molar-refractivity contribution < 1.29 is 5.11 Å². The molecule has 1 fully saturated rings. The van der Waals surface area contributed by atoms with Crippen LogP contribution in [0.1, 0.15) is 56.2 Å². The Morgan fingerprint density at radius 3 is 2.69 bits per heavy atom. The average Bonchev–Trinajstić information content (AvgIpc) is 3.40. The largest absolute Gasteiger partial charge is 0.386 e. The first kappa shape index (κ1) is 17.4. The van der Waals surface area contributed by atoms with E-state index in [4.69, 9.17) is 0 Å². The molecule has 7 nitrogen and oxygen atoms in total. The fourth-order valence-electron chi connectivity index (χ4n) is 3.51. The van der Waals surface area contributed by atoms with E-state index < -0.39 is 6.10 Å². The van der Waals surface area contributed by atoms with E-state index >= 15 is 0 Å². The summed E-state index contributed by atoms with van der Waals surface area (Å²) in [7, 11) is 0. The van der Waals surface area contributed by atoms with Crippen molar-refractivity contribution in [1.82, 2.24) is 24.6 Å². The zero-order valence-electron chi connectivity index (χ0n) is 15.6. The van der Waals surface area contributed by atoms with Gasteiger partial charge in [0.1, 0.15) is 6.10 Å². The molecule has 0 saturated heterocycles. The first-order valence-electron chi connectivity index (χ1n) is 9.63. The average molecular weight is 356 g/mol. The molecule has 2 aromatic rings. The molecule has 0 aromatic carbocycles. The van der Waals surface area contributed by atoms with E-state index in [2.05, 4.69) is 49.9 Å². The minimum Gasteiger partial charge on any atom is -0.386 e. The Bertz CT molecular complexity index is 737. The molecule has 4 rings (SSSR count). The summed E-state index contributed by atoms with van der Waals surface area (Å²) in [5, 5.41) is 18.2. The fourth-order valence-corrected chi connectivity index (χ4v) is 3.51. The summed E-state index contributed by atoms with van der Waals surface area (Å²) < 4.78 is 2.08. The molecule has 140 valence electrons. The van der Waals surface area contributed by atoms with Crippen LogP contribution < -0.4 is 5.32 Å². The number of hydrogen-bond acceptors (Lipinski definition) is 6. The lowest BCUT2D eigenvalue weighted by molar-refractivity contribution is 0.148. The van der Waals surface area contributed by atoms with Gasteiger partial charge in [-0.15, -0.1) is 0 Å². The molecule has 1 saturated carbocycles. The molecule has 2 N–H and O–H groups in total. The van der Waals surface area contributed by atoms with Crippen LogP contribution in [0, 0.1) is 5.92 Å². The van der Waals surface area contributed by atoms with E-state index in [1.54, 1.807) is 0 Å². The molecule has 0 bridgehead atoms. The predicted molar refractivity (Wildman–Crippen MR) is 99.4 cm³/mol. The molecule has 1 atom stereocenters. The van der Waals surface area contributed by atoms with Gasteiger partial charge < -0.3 is 10.4 Å². The number of aromatic nitrogens is 4. The van der Waals surface area contributed by atoms with Crippen LogP contribution in [0.15, 0.2) is 18.5 Å². The number of fused-ring (bicyclic) bond motifs is 1.